The number of amides is 1. The van der Waals surface area contributed by atoms with Gasteiger partial charge in [-0.3, -0.25) is 4.79 Å². The van der Waals surface area contributed by atoms with Crippen molar-refractivity contribution in [3.05, 3.63) is 39.3 Å². The molecule has 2 N–H and O–H groups in total. The highest BCUT2D eigenvalue weighted by Gasteiger charge is 1.96. The molecular weight excluding hydrogens is 253 g/mol. The fourth-order valence-corrected chi connectivity index (χ4v) is 1.54. The largest absolute Gasteiger partial charge is 0.366 e. The fraction of sp³-hybridized carbons (Fsp3) is 0. The van der Waals surface area contributed by atoms with Crippen LogP contribution in [0.25, 0.3) is 6.08 Å². The molecule has 0 spiro atoms. The highest BCUT2D eigenvalue weighted by molar-refractivity contribution is 9.10. The second-order valence-corrected chi connectivity index (χ2v) is 3.72. The number of benzene rings is 1. The van der Waals surface area contributed by atoms with E-state index >= 15 is 0 Å². The van der Waals surface area contributed by atoms with Gasteiger partial charge in [0, 0.05) is 15.6 Å². The minimum absolute atomic E-state index is 0.487. The molecule has 0 aliphatic heterocycles. The summed E-state index contributed by atoms with van der Waals surface area (Å²) in [5.41, 5.74) is 5.71. The smallest absolute Gasteiger partial charge is 0.241 e. The summed E-state index contributed by atoms with van der Waals surface area (Å²) >= 11 is 9.16. The second kappa shape index (κ2) is 4.44. The second-order valence-electron chi connectivity index (χ2n) is 2.40. The lowest BCUT2D eigenvalue weighted by Crippen LogP contribution is -2.05. The molecule has 1 amide bonds. The van der Waals surface area contributed by atoms with E-state index in [9.17, 15) is 4.79 Å². The number of halogens is 2. The van der Waals surface area contributed by atoms with Gasteiger partial charge in [0.2, 0.25) is 5.91 Å². The minimum atomic E-state index is -0.487. The molecule has 0 aromatic heterocycles. The zero-order valence-corrected chi connectivity index (χ0v) is 8.97. The molecule has 0 heterocycles. The van der Waals surface area contributed by atoms with Gasteiger partial charge in [-0.1, -0.05) is 33.6 Å². The zero-order chi connectivity index (χ0) is 9.84. The van der Waals surface area contributed by atoms with Crippen LogP contribution in [0.4, 0.5) is 0 Å². The number of carbonyl (C=O) groups excluding carboxylic acids is 1. The summed E-state index contributed by atoms with van der Waals surface area (Å²) in [5, 5.41) is 0.576. The molecule has 4 heteroatoms. The van der Waals surface area contributed by atoms with E-state index in [0.717, 1.165) is 10.0 Å². The quantitative estimate of drug-likeness (QED) is 0.816. The van der Waals surface area contributed by atoms with Gasteiger partial charge in [0.15, 0.2) is 0 Å². The monoisotopic (exact) mass is 259 g/mol. The third-order valence-electron chi connectivity index (χ3n) is 1.39. The average molecular weight is 261 g/mol. The Hall–Kier alpha value is -0.800. The van der Waals surface area contributed by atoms with Crippen LogP contribution in [0.15, 0.2) is 28.7 Å². The number of rotatable bonds is 2. The van der Waals surface area contributed by atoms with Crippen molar-refractivity contribution < 1.29 is 4.79 Å². The van der Waals surface area contributed by atoms with Gasteiger partial charge >= 0.3 is 0 Å². The summed E-state index contributed by atoms with van der Waals surface area (Å²) in [6.07, 6.45) is 2.85. The minimum Gasteiger partial charge on any atom is -0.366 e. The standard InChI is InChI=1S/C9H7BrClNO/c10-7-3-1-6(8(11)5-7)2-4-9(12)13/h1-5H,(H2,12,13). The lowest BCUT2D eigenvalue weighted by atomic mass is 10.2. The Morgan fingerprint density at radius 3 is 2.77 bits per heavy atom. The third kappa shape index (κ3) is 3.20. The van der Waals surface area contributed by atoms with Crippen LogP contribution in [0, 0.1) is 0 Å². The van der Waals surface area contributed by atoms with Crippen molar-refractivity contribution in [1.82, 2.24) is 0 Å². The molecule has 0 aliphatic carbocycles. The van der Waals surface area contributed by atoms with Crippen molar-refractivity contribution in [3.63, 3.8) is 0 Å². The summed E-state index contributed by atoms with van der Waals surface area (Å²) in [6.45, 7) is 0. The Morgan fingerprint density at radius 2 is 2.23 bits per heavy atom. The van der Waals surface area contributed by atoms with Crippen LogP contribution in [0.1, 0.15) is 5.56 Å². The van der Waals surface area contributed by atoms with Crippen LogP contribution in [0.5, 0.6) is 0 Å². The van der Waals surface area contributed by atoms with E-state index in [1.807, 2.05) is 6.07 Å². The van der Waals surface area contributed by atoms with Crippen LogP contribution < -0.4 is 5.73 Å². The summed E-state index contributed by atoms with van der Waals surface area (Å²) in [6, 6.07) is 5.39. The topological polar surface area (TPSA) is 43.1 Å². The molecule has 0 saturated heterocycles. The van der Waals surface area contributed by atoms with E-state index in [0.29, 0.717) is 5.02 Å². The van der Waals surface area contributed by atoms with Gasteiger partial charge in [0.05, 0.1) is 0 Å². The Bertz CT molecular complexity index is 363. The van der Waals surface area contributed by atoms with Gasteiger partial charge in [-0.2, -0.15) is 0 Å². The first-order chi connectivity index (χ1) is 6.09. The first kappa shape index (κ1) is 10.3. The summed E-state index contributed by atoms with van der Waals surface area (Å²) in [5.74, 6) is -0.487. The molecule has 2 nitrogen and oxygen atoms in total. The maximum Gasteiger partial charge on any atom is 0.241 e. The molecule has 13 heavy (non-hydrogen) atoms. The van der Waals surface area contributed by atoms with Crippen molar-refractivity contribution in [1.29, 1.82) is 0 Å². The Balaban J connectivity index is 2.96. The molecule has 1 aromatic carbocycles. The predicted molar refractivity (Wildman–Crippen MR) is 57.4 cm³/mol. The SMILES string of the molecule is NC(=O)C=Cc1ccc(Br)cc1Cl. The number of nitrogens with two attached hydrogens (primary N) is 1. The van der Waals surface area contributed by atoms with E-state index in [1.165, 1.54) is 6.08 Å². The Morgan fingerprint density at radius 1 is 1.54 bits per heavy atom. The van der Waals surface area contributed by atoms with Crippen molar-refractivity contribution >= 4 is 39.5 Å². The number of carbonyl (C=O) groups is 1. The van der Waals surface area contributed by atoms with E-state index < -0.39 is 5.91 Å². The molecule has 0 fully saturated rings. The molecule has 0 unspecified atom stereocenters. The normalized spacial score (nSPS) is 10.6. The lowest BCUT2D eigenvalue weighted by Gasteiger charge is -1.97. The molecule has 0 radical (unpaired) electrons. The Kier molecular flexibility index (Phi) is 3.51. The molecule has 0 bridgehead atoms. The van der Waals surface area contributed by atoms with Crippen molar-refractivity contribution in [2.45, 2.75) is 0 Å². The number of primary amides is 1. The highest BCUT2D eigenvalue weighted by atomic mass is 79.9. The van der Waals surface area contributed by atoms with E-state index in [2.05, 4.69) is 15.9 Å². The van der Waals surface area contributed by atoms with Crippen LogP contribution in [-0.2, 0) is 4.79 Å². The predicted octanol–water partition coefficient (Wildman–Crippen LogP) is 2.60. The van der Waals surface area contributed by atoms with Gasteiger partial charge in [-0.25, -0.2) is 0 Å². The molecule has 0 saturated carbocycles. The summed E-state index contributed by atoms with van der Waals surface area (Å²) in [4.78, 5) is 10.4. The van der Waals surface area contributed by atoms with Gasteiger partial charge < -0.3 is 5.73 Å². The maximum atomic E-state index is 10.4. The maximum absolute atomic E-state index is 10.4. The van der Waals surface area contributed by atoms with E-state index in [-0.39, 0.29) is 0 Å². The molecule has 0 aliphatic rings. The average Bonchev–Trinajstić information content (AvgIpc) is 2.02. The van der Waals surface area contributed by atoms with Crippen LogP contribution in [0.2, 0.25) is 5.02 Å². The van der Waals surface area contributed by atoms with Gasteiger partial charge in [-0.05, 0) is 23.8 Å². The number of hydrogen-bond acceptors (Lipinski definition) is 1. The molecular formula is C9H7BrClNO. The first-order valence-electron chi connectivity index (χ1n) is 3.52. The van der Waals surface area contributed by atoms with Gasteiger partial charge in [-0.15, -0.1) is 0 Å². The third-order valence-corrected chi connectivity index (χ3v) is 2.21. The van der Waals surface area contributed by atoms with Gasteiger partial charge in [0.1, 0.15) is 0 Å². The van der Waals surface area contributed by atoms with Crippen LogP contribution >= 0.6 is 27.5 Å². The fourth-order valence-electron chi connectivity index (χ4n) is 0.809. The summed E-state index contributed by atoms with van der Waals surface area (Å²) in [7, 11) is 0. The highest BCUT2D eigenvalue weighted by Crippen LogP contribution is 2.22. The molecule has 1 aromatic rings. The molecule has 0 atom stereocenters. The Labute approximate surface area is 89.5 Å². The first-order valence-corrected chi connectivity index (χ1v) is 4.69. The van der Waals surface area contributed by atoms with Crippen molar-refractivity contribution in [2.24, 2.45) is 5.73 Å². The van der Waals surface area contributed by atoms with Crippen LogP contribution in [-0.4, -0.2) is 5.91 Å². The van der Waals surface area contributed by atoms with Crippen molar-refractivity contribution in [3.8, 4) is 0 Å². The number of hydrogen-bond donors (Lipinski definition) is 1. The summed E-state index contributed by atoms with van der Waals surface area (Å²) < 4.78 is 0.897. The molecule has 68 valence electrons. The van der Waals surface area contributed by atoms with Crippen molar-refractivity contribution in [2.75, 3.05) is 0 Å². The van der Waals surface area contributed by atoms with E-state index in [4.69, 9.17) is 17.3 Å². The van der Waals surface area contributed by atoms with E-state index in [1.54, 1.807) is 18.2 Å². The van der Waals surface area contributed by atoms with Crippen LogP contribution in [0.3, 0.4) is 0 Å². The zero-order valence-electron chi connectivity index (χ0n) is 6.63. The lowest BCUT2D eigenvalue weighted by molar-refractivity contribution is -0.113. The van der Waals surface area contributed by atoms with Gasteiger partial charge in [0.25, 0.3) is 0 Å². The molecule has 1 rings (SSSR count).